The third-order valence-corrected chi connectivity index (χ3v) is 4.45. The summed E-state index contributed by atoms with van der Waals surface area (Å²) in [6.07, 6.45) is 1.15. The molecule has 2 aliphatic heterocycles. The van der Waals surface area contributed by atoms with Crippen LogP contribution in [0.1, 0.15) is 6.42 Å². The number of hydrogen-bond donors (Lipinski definition) is 1. The van der Waals surface area contributed by atoms with Gasteiger partial charge in [0, 0.05) is 42.7 Å². The molecule has 0 aliphatic carbocycles. The van der Waals surface area contributed by atoms with E-state index in [1.807, 2.05) is 11.8 Å². The maximum absolute atomic E-state index is 6.31. The minimum Gasteiger partial charge on any atom is -0.381 e. The number of nitrogens with zero attached hydrogens (tertiary/aromatic N) is 1. The molecule has 0 spiro atoms. The van der Waals surface area contributed by atoms with Gasteiger partial charge in [0.1, 0.15) is 0 Å². The van der Waals surface area contributed by atoms with Crippen molar-refractivity contribution in [3.8, 4) is 0 Å². The summed E-state index contributed by atoms with van der Waals surface area (Å²) in [6, 6.07) is 0.857. The van der Waals surface area contributed by atoms with Crippen LogP contribution in [-0.2, 0) is 4.74 Å². The standard InChI is InChI=1S/C10H20N2OS/c1-12-3-5-14-7-9(12)10(11)8-2-4-13-6-8/h8-10H,2-7,11H2,1H3. The van der Waals surface area contributed by atoms with E-state index in [1.165, 1.54) is 18.1 Å². The first-order valence-electron chi connectivity index (χ1n) is 5.40. The molecule has 4 heteroatoms. The summed E-state index contributed by atoms with van der Waals surface area (Å²) >= 11 is 2.03. The SMILES string of the molecule is CN1CCSCC1C(N)C1CCOC1. The van der Waals surface area contributed by atoms with E-state index in [0.29, 0.717) is 18.0 Å². The van der Waals surface area contributed by atoms with Crippen molar-refractivity contribution in [2.45, 2.75) is 18.5 Å². The van der Waals surface area contributed by atoms with Gasteiger partial charge in [-0.3, -0.25) is 0 Å². The van der Waals surface area contributed by atoms with Crippen molar-refractivity contribution in [3.05, 3.63) is 0 Å². The molecule has 3 unspecified atom stereocenters. The highest BCUT2D eigenvalue weighted by Crippen LogP contribution is 2.24. The van der Waals surface area contributed by atoms with E-state index >= 15 is 0 Å². The monoisotopic (exact) mass is 216 g/mol. The van der Waals surface area contributed by atoms with Gasteiger partial charge in [-0.05, 0) is 13.5 Å². The van der Waals surface area contributed by atoms with Crippen LogP contribution in [0.4, 0.5) is 0 Å². The molecular formula is C10H20N2OS. The van der Waals surface area contributed by atoms with Crippen LogP contribution in [0.5, 0.6) is 0 Å². The molecule has 0 bridgehead atoms. The van der Waals surface area contributed by atoms with E-state index in [4.69, 9.17) is 10.5 Å². The molecule has 14 heavy (non-hydrogen) atoms. The van der Waals surface area contributed by atoms with Gasteiger partial charge >= 0.3 is 0 Å². The Morgan fingerprint density at radius 2 is 2.43 bits per heavy atom. The summed E-state index contributed by atoms with van der Waals surface area (Å²) in [7, 11) is 2.19. The zero-order chi connectivity index (χ0) is 9.97. The molecule has 2 aliphatic rings. The molecule has 0 aromatic carbocycles. The first-order valence-corrected chi connectivity index (χ1v) is 6.56. The lowest BCUT2D eigenvalue weighted by atomic mass is 9.93. The molecule has 0 amide bonds. The molecule has 3 atom stereocenters. The Labute approximate surface area is 90.3 Å². The molecule has 0 radical (unpaired) electrons. The first kappa shape index (κ1) is 10.7. The average Bonchev–Trinajstić information content (AvgIpc) is 2.70. The molecule has 2 fully saturated rings. The maximum Gasteiger partial charge on any atom is 0.0510 e. The van der Waals surface area contributed by atoms with Crippen molar-refractivity contribution in [3.63, 3.8) is 0 Å². The van der Waals surface area contributed by atoms with Crippen molar-refractivity contribution < 1.29 is 4.74 Å². The van der Waals surface area contributed by atoms with Crippen LogP contribution in [0.3, 0.4) is 0 Å². The van der Waals surface area contributed by atoms with Gasteiger partial charge in [0.15, 0.2) is 0 Å². The summed E-state index contributed by atoms with van der Waals surface area (Å²) < 4.78 is 5.40. The molecule has 2 saturated heterocycles. The zero-order valence-electron chi connectivity index (χ0n) is 8.82. The van der Waals surface area contributed by atoms with E-state index in [9.17, 15) is 0 Å². The van der Waals surface area contributed by atoms with Crippen LogP contribution in [0, 0.1) is 5.92 Å². The molecule has 3 nitrogen and oxygen atoms in total. The van der Waals surface area contributed by atoms with Gasteiger partial charge in [0.05, 0.1) is 6.61 Å². The zero-order valence-corrected chi connectivity index (χ0v) is 9.63. The fourth-order valence-corrected chi connectivity index (χ4v) is 3.58. The molecule has 2 N–H and O–H groups in total. The van der Waals surface area contributed by atoms with Gasteiger partial charge < -0.3 is 15.4 Å². The molecule has 2 rings (SSSR count). The van der Waals surface area contributed by atoms with Crippen molar-refractivity contribution in [2.75, 3.05) is 38.3 Å². The highest BCUT2D eigenvalue weighted by molar-refractivity contribution is 7.99. The van der Waals surface area contributed by atoms with Gasteiger partial charge in [-0.1, -0.05) is 0 Å². The summed E-state index contributed by atoms with van der Waals surface area (Å²) in [5.41, 5.74) is 6.31. The van der Waals surface area contributed by atoms with Crippen molar-refractivity contribution in [2.24, 2.45) is 11.7 Å². The summed E-state index contributed by atoms with van der Waals surface area (Å²) in [6.45, 7) is 2.95. The Morgan fingerprint density at radius 1 is 1.57 bits per heavy atom. The number of nitrogens with two attached hydrogens (primary N) is 1. The molecule has 0 aromatic heterocycles. The molecule has 2 heterocycles. The van der Waals surface area contributed by atoms with Crippen LogP contribution in [0.25, 0.3) is 0 Å². The Bertz CT molecular complexity index is 185. The molecule has 0 saturated carbocycles. The van der Waals surface area contributed by atoms with E-state index in [-0.39, 0.29) is 0 Å². The fourth-order valence-electron chi connectivity index (χ4n) is 2.28. The second kappa shape index (κ2) is 4.84. The van der Waals surface area contributed by atoms with E-state index < -0.39 is 0 Å². The number of ether oxygens (including phenoxy) is 1. The summed E-state index contributed by atoms with van der Waals surface area (Å²) in [5, 5.41) is 0. The van der Waals surface area contributed by atoms with Gasteiger partial charge in [-0.15, -0.1) is 0 Å². The fraction of sp³-hybridized carbons (Fsp3) is 1.00. The minimum absolute atomic E-state index is 0.301. The van der Waals surface area contributed by atoms with Gasteiger partial charge in [0.2, 0.25) is 0 Å². The summed E-state index contributed by atoms with van der Waals surface area (Å²) in [4.78, 5) is 2.42. The number of rotatable bonds is 2. The third-order valence-electron chi connectivity index (χ3n) is 3.40. The van der Waals surface area contributed by atoms with E-state index in [1.54, 1.807) is 0 Å². The quantitative estimate of drug-likeness (QED) is 0.725. The highest BCUT2D eigenvalue weighted by atomic mass is 32.2. The van der Waals surface area contributed by atoms with Crippen LogP contribution in [0.15, 0.2) is 0 Å². The van der Waals surface area contributed by atoms with Crippen LogP contribution < -0.4 is 5.73 Å². The number of thioether (sulfide) groups is 1. The number of hydrogen-bond acceptors (Lipinski definition) is 4. The highest BCUT2D eigenvalue weighted by Gasteiger charge is 2.32. The van der Waals surface area contributed by atoms with Gasteiger partial charge in [-0.2, -0.15) is 11.8 Å². The van der Waals surface area contributed by atoms with E-state index in [0.717, 1.165) is 19.6 Å². The van der Waals surface area contributed by atoms with Crippen molar-refractivity contribution in [1.82, 2.24) is 4.90 Å². The Balaban J connectivity index is 1.91. The summed E-state index contributed by atoms with van der Waals surface area (Å²) in [5.74, 6) is 3.02. The predicted molar refractivity (Wildman–Crippen MR) is 60.6 cm³/mol. The van der Waals surface area contributed by atoms with E-state index in [2.05, 4.69) is 11.9 Å². The lowest BCUT2D eigenvalue weighted by Crippen LogP contribution is -2.54. The minimum atomic E-state index is 0.301. The second-order valence-corrected chi connectivity index (χ2v) is 5.47. The maximum atomic E-state index is 6.31. The average molecular weight is 216 g/mol. The van der Waals surface area contributed by atoms with Gasteiger partial charge in [0.25, 0.3) is 0 Å². The lowest BCUT2D eigenvalue weighted by molar-refractivity contribution is 0.157. The smallest absolute Gasteiger partial charge is 0.0510 e. The van der Waals surface area contributed by atoms with Crippen LogP contribution >= 0.6 is 11.8 Å². The van der Waals surface area contributed by atoms with Crippen molar-refractivity contribution in [1.29, 1.82) is 0 Å². The van der Waals surface area contributed by atoms with Crippen molar-refractivity contribution >= 4 is 11.8 Å². The normalized spacial score (nSPS) is 37.3. The predicted octanol–water partition coefficient (Wildman–Crippen LogP) is 0.397. The third kappa shape index (κ3) is 2.24. The topological polar surface area (TPSA) is 38.5 Å². The Hall–Kier alpha value is 0.230. The molecular weight excluding hydrogens is 196 g/mol. The largest absolute Gasteiger partial charge is 0.381 e. The Morgan fingerprint density at radius 3 is 3.07 bits per heavy atom. The molecule has 82 valence electrons. The number of likely N-dealkylation sites (N-methyl/N-ethyl adjacent to an activating group) is 1. The lowest BCUT2D eigenvalue weighted by Gasteiger charge is -2.38. The molecule has 0 aromatic rings. The van der Waals surface area contributed by atoms with Crippen LogP contribution in [-0.4, -0.2) is 55.3 Å². The van der Waals surface area contributed by atoms with Crippen LogP contribution in [0.2, 0.25) is 0 Å². The second-order valence-electron chi connectivity index (χ2n) is 4.32. The Kier molecular flexibility index (Phi) is 3.71. The van der Waals surface area contributed by atoms with Gasteiger partial charge in [-0.25, -0.2) is 0 Å². The first-order chi connectivity index (χ1) is 6.79.